The van der Waals surface area contributed by atoms with Gasteiger partial charge in [0.2, 0.25) is 48.3 Å². The van der Waals surface area contributed by atoms with Gasteiger partial charge in [-0.05, 0) is 127 Å². The van der Waals surface area contributed by atoms with E-state index in [1.54, 1.807) is 20.8 Å². The maximum atomic E-state index is 13.9. The lowest BCUT2D eigenvalue weighted by molar-refractivity contribution is -0.146. The van der Waals surface area contributed by atoms with Gasteiger partial charge in [-0.15, -0.1) is 0 Å². The maximum Gasteiger partial charge on any atom is 0.408 e. The monoisotopic (exact) mass is 884 g/mol. The van der Waals surface area contributed by atoms with Crippen LogP contribution in [-0.2, 0) is 47.9 Å². The lowest BCUT2D eigenvalue weighted by atomic mass is 9.96. The van der Waals surface area contributed by atoms with Crippen molar-refractivity contribution in [1.29, 1.82) is 0 Å². The van der Waals surface area contributed by atoms with Crippen LogP contribution in [0, 0.1) is 5.92 Å². The zero-order chi connectivity index (χ0) is 48.3. The van der Waals surface area contributed by atoms with Crippen LogP contribution in [0.25, 0.3) is 0 Å². The SMILES string of the molecule is CC(C)C[C@H](NC(=O)OC(C)(C)C)C(=O)NC(C)(C)C(=O)N[C@@H](CCCCNC=O)C(=O)NC(C)(C)C(=O)NC(C)(C)C(=O)N[C@@H](CCCCNC=O)C(=O)NC(C)(C)C(=O)O. The zero-order valence-corrected chi connectivity index (χ0v) is 38.8. The Bertz CT molecular complexity index is 1590. The van der Waals surface area contributed by atoms with Crippen molar-refractivity contribution in [2.24, 2.45) is 5.92 Å². The number of hydrogen-bond acceptors (Lipinski definition) is 11. The third kappa shape index (κ3) is 21.3. The van der Waals surface area contributed by atoms with Gasteiger partial charge in [0.1, 0.15) is 45.9 Å². The molecule has 0 saturated heterocycles. The Morgan fingerprint density at radius 1 is 0.516 bits per heavy atom. The molecular weight excluding hydrogens is 811 g/mol. The summed E-state index contributed by atoms with van der Waals surface area (Å²) in [6.07, 6.45) is 2.15. The molecule has 0 spiro atoms. The van der Waals surface area contributed by atoms with Crippen molar-refractivity contribution in [2.75, 3.05) is 13.1 Å². The Morgan fingerprint density at radius 3 is 1.26 bits per heavy atom. The standard InChI is InChI=1S/C41H73N9O12/c1-25(2)22-28(46-36(61)62-37(3,4)5)31(55)48-38(6,7)32(56)44-26(18-14-16-20-42-23-51)29(53)47-40(10,11)34(58)50-39(8,9)33(57)45-27(19-15-17-21-43-24-52)30(54)49-41(12,13)35(59)60/h23-28H,14-22H2,1-13H3,(H,42,51)(H,43,52)(H,44,56)(H,45,57)(H,46,61)(H,47,53)(H,48,55)(H,49,54)(H,50,58)(H,59,60)/t26-,27-,28-/m0/s1. The van der Waals surface area contributed by atoms with Gasteiger partial charge in [-0.1, -0.05) is 13.8 Å². The van der Waals surface area contributed by atoms with Crippen molar-refractivity contribution < 1.29 is 57.8 Å². The van der Waals surface area contributed by atoms with Crippen molar-refractivity contribution in [2.45, 2.75) is 181 Å². The van der Waals surface area contributed by atoms with Crippen LogP contribution >= 0.6 is 0 Å². The zero-order valence-electron chi connectivity index (χ0n) is 38.8. The fourth-order valence-electron chi connectivity index (χ4n) is 5.49. The highest BCUT2D eigenvalue weighted by Gasteiger charge is 2.41. The quantitative estimate of drug-likeness (QED) is 0.0377. The molecule has 0 aromatic heterocycles. The number of unbranched alkanes of at least 4 members (excludes halogenated alkanes) is 2. The molecule has 0 bridgehead atoms. The Kier molecular flexibility index (Phi) is 22.6. The fraction of sp³-hybridized carbons (Fsp3) is 0.756. The minimum atomic E-state index is -1.70. The molecule has 0 aliphatic rings. The average Bonchev–Trinajstić information content (AvgIpc) is 3.11. The van der Waals surface area contributed by atoms with Crippen molar-refractivity contribution in [3.63, 3.8) is 0 Å². The number of ether oxygens (including phenoxy) is 1. The average molecular weight is 884 g/mol. The summed E-state index contributed by atoms with van der Waals surface area (Å²) in [6.45, 7) is 20.2. The first kappa shape index (κ1) is 56.5. The number of nitrogens with one attached hydrogen (secondary N) is 9. The second-order valence-corrected chi connectivity index (χ2v) is 18.7. The van der Waals surface area contributed by atoms with Gasteiger partial charge in [0, 0.05) is 13.1 Å². The van der Waals surface area contributed by atoms with Gasteiger partial charge >= 0.3 is 12.1 Å². The van der Waals surface area contributed by atoms with Crippen molar-refractivity contribution in [3.05, 3.63) is 0 Å². The van der Waals surface area contributed by atoms with Gasteiger partial charge < -0.3 is 57.7 Å². The van der Waals surface area contributed by atoms with Gasteiger partial charge in [0.05, 0.1) is 0 Å². The molecule has 0 aromatic carbocycles. The number of hydrogen-bond donors (Lipinski definition) is 10. The lowest BCUT2D eigenvalue weighted by Gasteiger charge is -2.34. The highest BCUT2D eigenvalue weighted by Crippen LogP contribution is 2.15. The molecule has 0 aromatic rings. The number of carboxylic acid groups (broad SMARTS) is 1. The Morgan fingerprint density at radius 2 is 0.887 bits per heavy atom. The van der Waals surface area contributed by atoms with Gasteiger partial charge in [0.25, 0.3) is 0 Å². The molecule has 0 rings (SSSR count). The largest absolute Gasteiger partial charge is 0.480 e. The summed E-state index contributed by atoms with van der Waals surface area (Å²) < 4.78 is 5.31. The van der Waals surface area contributed by atoms with E-state index < -0.39 is 93.4 Å². The summed E-state index contributed by atoms with van der Waals surface area (Å²) in [6, 6.07) is -3.53. The van der Waals surface area contributed by atoms with E-state index in [4.69, 9.17) is 4.74 Å². The molecule has 0 unspecified atom stereocenters. The summed E-state index contributed by atoms with van der Waals surface area (Å²) in [7, 11) is 0. The van der Waals surface area contributed by atoms with E-state index in [-0.39, 0.29) is 31.7 Å². The van der Waals surface area contributed by atoms with Crippen LogP contribution in [-0.4, -0.2) is 124 Å². The molecule has 3 atom stereocenters. The molecule has 9 amide bonds. The minimum absolute atomic E-state index is 0.0325. The molecular formula is C41H73N9O12. The van der Waals surface area contributed by atoms with Crippen LogP contribution in [0.4, 0.5) is 4.79 Å². The minimum Gasteiger partial charge on any atom is -0.480 e. The van der Waals surface area contributed by atoms with E-state index in [9.17, 15) is 53.1 Å². The molecule has 0 saturated carbocycles. The second-order valence-electron chi connectivity index (χ2n) is 18.7. The van der Waals surface area contributed by atoms with Gasteiger partial charge in [-0.2, -0.15) is 0 Å². The molecule has 0 fully saturated rings. The normalized spacial score (nSPS) is 13.5. The van der Waals surface area contributed by atoms with E-state index in [0.717, 1.165) is 0 Å². The number of aliphatic carboxylic acids is 1. The van der Waals surface area contributed by atoms with Crippen molar-refractivity contribution in [3.8, 4) is 0 Å². The van der Waals surface area contributed by atoms with Crippen LogP contribution in [0.15, 0.2) is 0 Å². The molecule has 0 radical (unpaired) electrons. The van der Waals surface area contributed by atoms with E-state index in [0.29, 0.717) is 45.0 Å². The summed E-state index contributed by atoms with van der Waals surface area (Å²) >= 11 is 0. The lowest BCUT2D eigenvalue weighted by Crippen LogP contribution is -2.66. The Hall–Kier alpha value is -5.50. The van der Waals surface area contributed by atoms with Crippen molar-refractivity contribution >= 4 is 60.3 Å². The first-order valence-electron chi connectivity index (χ1n) is 20.8. The highest BCUT2D eigenvalue weighted by atomic mass is 16.6. The molecule has 21 heteroatoms. The molecule has 0 aliphatic carbocycles. The first-order valence-corrected chi connectivity index (χ1v) is 20.8. The van der Waals surface area contributed by atoms with E-state index in [1.807, 2.05) is 13.8 Å². The fourth-order valence-corrected chi connectivity index (χ4v) is 5.49. The van der Waals surface area contributed by atoms with E-state index in [1.165, 1.54) is 55.4 Å². The third-order valence-corrected chi connectivity index (χ3v) is 9.22. The van der Waals surface area contributed by atoms with Gasteiger partial charge in [-0.3, -0.25) is 38.4 Å². The number of carbonyl (C=O) groups is 10. The predicted molar refractivity (Wildman–Crippen MR) is 229 cm³/mol. The van der Waals surface area contributed by atoms with Crippen LogP contribution in [0.1, 0.15) is 135 Å². The smallest absolute Gasteiger partial charge is 0.408 e. The number of rotatable bonds is 28. The summed E-state index contributed by atoms with van der Waals surface area (Å²) in [5.74, 6) is -5.96. The number of carbonyl (C=O) groups excluding carboxylic acids is 9. The Labute approximate surface area is 365 Å². The topological polar surface area (TPSA) is 308 Å². The first-order chi connectivity index (χ1) is 28.3. The molecule has 0 aliphatic heterocycles. The number of carboxylic acids is 1. The van der Waals surface area contributed by atoms with Crippen molar-refractivity contribution in [1.82, 2.24) is 47.9 Å². The van der Waals surface area contributed by atoms with Crippen LogP contribution in [0.5, 0.6) is 0 Å². The summed E-state index contributed by atoms with van der Waals surface area (Å²) in [4.78, 5) is 127. The maximum absolute atomic E-state index is 13.9. The third-order valence-electron chi connectivity index (χ3n) is 9.22. The van der Waals surface area contributed by atoms with E-state index in [2.05, 4.69) is 47.9 Å². The number of alkyl carbamates (subject to hydrolysis) is 1. The van der Waals surface area contributed by atoms with Crippen LogP contribution in [0.2, 0.25) is 0 Å². The molecule has 10 N–H and O–H groups in total. The molecule has 21 nitrogen and oxygen atoms in total. The number of amides is 9. The second kappa shape index (κ2) is 24.8. The summed E-state index contributed by atoms with van der Waals surface area (Å²) in [5.41, 5.74) is -7.51. The predicted octanol–water partition coefficient (Wildman–Crippen LogP) is 0.392. The molecule has 62 heavy (non-hydrogen) atoms. The summed E-state index contributed by atoms with van der Waals surface area (Å²) in [5, 5.41) is 32.6. The molecule has 354 valence electrons. The molecule has 0 heterocycles. The van der Waals surface area contributed by atoms with E-state index >= 15 is 0 Å². The van der Waals surface area contributed by atoms with Gasteiger partial charge in [0.15, 0.2) is 0 Å². The van der Waals surface area contributed by atoms with Gasteiger partial charge in [-0.25, -0.2) is 9.59 Å². The van der Waals surface area contributed by atoms with Crippen LogP contribution < -0.4 is 47.9 Å². The van der Waals surface area contributed by atoms with Crippen LogP contribution in [0.3, 0.4) is 0 Å². The highest BCUT2D eigenvalue weighted by molar-refractivity contribution is 6.00. The Balaban J connectivity index is 6.18.